The van der Waals surface area contributed by atoms with Gasteiger partial charge in [0.25, 0.3) is 0 Å². The Labute approximate surface area is 154 Å². The molecule has 1 heterocycles. The monoisotopic (exact) mass is 361 g/mol. The number of rotatable bonds is 12. The molecule has 2 rings (SSSR count). The highest BCUT2D eigenvalue weighted by molar-refractivity contribution is 7.07. The minimum Gasteiger partial charge on any atom is -0.494 e. The zero-order chi connectivity index (χ0) is 17.9. The number of carbonyl (C=O) groups is 1. The second-order valence-corrected chi connectivity index (χ2v) is 6.92. The maximum atomic E-state index is 10.7. The summed E-state index contributed by atoms with van der Waals surface area (Å²) < 4.78 is 5.81. The van der Waals surface area contributed by atoms with Crippen LogP contribution in [0.15, 0.2) is 41.1 Å². The predicted octanol–water partition coefficient (Wildman–Crippen LogP) is 4.29. The molecule has 0 fully saturated rings. The molecular formula is C20H27NO3S. The number of carboxylic acids is 1. The van der Waals surface area contributed by atoms with Crippen molar-refractivity contribution in [2.75, 3.05) is 26.2 Å². The summed E-state index contributed by atoms with van der Waals surface area (Å²) >= 11 is 1.72. The first-order chi connectivity index (χ1) is 12.2. The Kier molecular flexibility index (Phi) is 8.49. The summed E-state index contributed by atoms with van der Waals surface area (Å²) in [7, 11) is 0. The number of benzene rings is 1. The van der Waals surface area contributed by atoms with Crippen molar-refractivity contribution in [2.45, 2.75) is 32.6 Å². The summed E-state index contributed by atoms with van der Waals surface area (Å²) in [5.74, 6) is 0.154. The maximum Gasteiger partial charge on any atom is 0.304 e. The van der Waals surface area contributed by atoms with E-state index in [-0.39, 0.29) is 6.42 Å². The quantitative estimate of drug-likeness (QED) is 0.573. The topological polar surface area (TPSA) is 49.8 Å². The molecule has 136 valence electrons. The van der Waals surface area contributed by atoms with Crippen molar-refractivity contribution in [3.05, 3.63) is 52.2 Å². The molecule has 0 aliphatic rings. The van der Waals surface area contributed by atoms with Crippen LogP contribution in [0.3, 0.4) is 0 Å². The van der Waals surface area contributed by atoms with Gasteiger partial charge in [-0.2, -0.15) is 11.3 Å². The van der Waals surface area contributed by atoms with Gasteiger partial charge in [-0.1, -0.05) is 19.1 Å². The number of aliphatic carboxylic acids is 1. The molecule has 0 aliphatic carbocycles. The Morgan fingerprint density at radius 2 is 1.92 bits per heavy atom. The van der Waals surface area contributed by atoms with Crippen molar-refractivity contribution in [3.63, 3.8) is 0 Å². The fourth-order valence-corrected chi connectivity index (χ4v) is 3.38. The van der Waals surface area contributed by atoms with Crippen molar-refractivity contribution in [2.24, 2.45) is 0 Å². The highest BCUT2D eigenvalue weighted by atomic mass is 32.1. The summed E-state index contributed by atoms with van der Waals surface area (Å²) in [6.45, 7) is 5.18. The van der Waals surface area contributed by atoms with E-state index in [0.29, 0.717) is 13.2 Å². The molecule has 1 aromatic heterocycles. The Morgan fingerprint density at radius 1 is 1.12 bits per heavy atom. The third kappa shape index (κ3) is 7.71. The molecule has 0 radical (unpaired) electrons. The van der Waals surface area contributed by atoms with Crippen molar-refractivity contribution < 1.29 is 14.6 Å². The van der Waals surface area contributed by atoms with Gasteiger partial charge >= 0.3 is 5.97 Å². The van der Waals surface area contributed by atoms with Crippen LogP contribution in [0.4, 0.5) is 0 Å². The van der Waals surface area contributed by atoms with Gasteiger partial charge in [0.15, 0.2) is 0 Å². The number of thiophene rings is 1. The van der Waals surface area contributed by atoms with Crippen molar-refractivity contribution in [1.29, 1.82) is 0 Å². The Morgan fingerprint density at radius 3 is 2.56 bits per heavy atom. The van der Waals surface area contributed by atoms with Crippen molar-refractivity contribution in [1.82, 2.24) is 4.90 Å². The van der Waals surface area contributed by atoms with Crippen LogP contribution in [0, 0.1) is 0 Å². The summed E-state index contributed by atoms with van der Waals surface area (Å²) in [5, 5.41) is 13.1. The van der Waals surface area contributed by atoms with Gasteiger partial charge in [-0.05, 0) is 65.9 Å². The molecule has 1 aromatic carbocycles. The fraction of sp³-hybridized carbons (Fsp3) is 0.450. The lowest BCUT2D eigenvalue weighted by Crippen LogP contribution is -2.29. The molecule has 0 saturated carbocycles. The van der Waals surface area contributed by atoms with Gasteiger partial charge < -0.3 is 14.7 Å². The van der Waals surface area contributed by atoms with Crippen LogP contribution in [-0.4, -0.2) is 42.2 Å². The molecule has 0 aliphatic heterocycles. The van der Waals surface area contributed by atoms with E-state index in [1.54, 1.807) is 11.3 Å². The maximum absolute atomic E-state index is 10.7. The van der Waals surface area contributed by atoms with Crippen LogP contribution in [0.2, 0.25) is 0 Å². The molecule has 25 heavy (non-hydrogen) atoms. The normalized spacial score (nSPS) is 11.0. The minimum absolute atomic E-state index is 0.201. The van der Waals surface area contributed by atoms with E-state index in [4.69, 9.17) is 9.84 Å². The van der Waals surface area contributed by atoms with Gasteiger partial charge in [0.1, 0.15) is 5.75 Å². The van der Waals surface area contributed by atoms with E-state index in [1.807, 2.05) is 12.1 Å². The molecule has 0 amide bonds. The van der Waals surface area contributed by atoms with Gasteiger partial charge in [-0.3, -0.25) is 4.79 Å². The van der Waals surface area contributed by atoms with Gasteiger partial charge in [0.05, 0.1) is 13.0 Å². The Bertz CT molecular complexity index is 610. The largest absolute Gasteiger partial charge is 0.494 e. The molecule has 4 nitrogen and oxygen atoms in total. The highest BCUT2D eigenvalue weighted by Crippen LogP contribution is 2.17. The summed E-state index contributed by atoms with van der Waals surface area (Å²) in [6, 6.07) is 10.4. The molecule has 0 saturated heterocycles. The molecule has 1 N–H and O–H groups in total. The first-order valence-electron chi connectivity index (χ1n) is 8.84. The number of carboxylic acid groups (broad SMARTS) is 1. The standard InChI is InChI=1S/C20H27NO3S/c1-2-10-21(12-8-20(22)23)11-3-13-24-19-6-4-17(5-7-19)15-18-9-14-25-16-18/h4-7,9,14,16H,2-3,8,10-13,15H2,1H3,(H,22,23). The first kappa shape index (κ1) is 19.5. The first-order valence-corrected chi connectivity index (χ1v) is 9.78. The number of hydrogen-bond acceptors (Lipinski definition) is 4. The molecule has 0 bridgehead atoms. The van der Waals surface area contributed by atoms with Crippen molar-refractivity contribution >= 4 is 17.3 Å². The van der Waals surface area contributed by atoms with E-state index in [0.717, 1.165) is 38.1 Å². The zero-order valence-electron chi connectivity index (χ0n) is 14.8. The van der Waals surface area contributed by atoms with Gasteiger partial charge in [-0.25, -0.2) is 0 Å². The molecule has 0 spiro atoms. The highest BCUT2D eigenvalue weighted by Gasteiger charge is 2.06. The lowest BCUT2D eigenvalue weighted by atomic mass is 10.1. The van der Waals surface area contributed by atoms with Crippen LogP contribution < -0.4 is 4.74 Å². The van der Waals surface area contributed by atoms with Crippen LogP contribution in [-0.2, 0) is 11.2 Å². The van der Waals surface area contributed by atoms with E-state index in [1.165, 1.54) is 11.1 Å². The minimum atomic E-state index is -0.736. The van der Waals surface area contributed by atoms with E-state index < -0.39 is 5.97 Å². The molecular weight excluding hydrogens is 334 g/mol. The molecule has 5 heteroatoms. The summed E-state index contributed by atoms with van der Waals surface area (Å²) in [4.78, 5) is 12.9. The predicted molar refractivity (Wildman–Crippen MR) is 103 cm³/mol. The van der Waals surface area contributed by atoms with E-state index >= 15 is 0 Å². The Balaban J connectivity index is 1.68. The van der Waals surface area contributed by atoms with Gasteiger partial charge in [0.2, 0.25) is 0 Å². The second-order valence-electron chi connectivity index (χ2n) is 6.14. The summed E-state index contributed by atoms with van der Waals surface area (Å²) in [6.07, 6.45) is 3.09. The van der Waals surface area contributed by atoms with Crippen LogP contribution in [0.25, 0.3) is 0 Å². The third-order valence-corrected chi connectivity index (χ3v) is 4.71. The zero-order valence-corrected chi connectivity index (χ0v) is 15.6. The third-order valence-electron chi connectivity index (χ3n) is 3.98. The second kappa shape index (κ2) is 10.9. The van der Waals surface area contributed by atoms with E-state index in [9.17, 15) is 4.79 Å². The van der Waals surface area contributed by atoms with Gasteiger partial charge in [-0.15, -0.1) is 0 Å². The molecule has 0 atom stereocenters. The lowest BCUT2D eigenvalue weighted by molar-refractivity contribution is -0.137. The Hall–Kier alpha value is -1.85. The van der Waals surface area contributed by atoms with Crippen LogP contribution in [0.1, 0.15) is 37.3 Å². The van der Waals surface area contributed by atoms with E-state index in [2.05, 4.69) is 40.8 Å². The van der Waals surface area contributed by atoms with Crippen LogP contribution >= 0.6 is 11.3 Å². The average Bonchev–Trinajstić information content (AvgIpc) is 3.10. The lowest BCUT2D eigenvalue weighted by Gasteiger charge is -2.20. The SMILES string of the molecule is CCCN(CCCOc1ccc(Cc2ccsc2)cc1)CCC(=O)O. The smallest absolute Gasteiger partial charge is 0.304 e. The van der Waals surface area contributed by atoms with Crippen molar-refractivity contribution in [3.8, 4) is 5.75 Å². The van der Waals surface area contributed by atoms with Crippen LogP contribution in [0.5, 0.6) is 5.75 Å². The van der Waals surface area contributed by atoms with Gasteiger partial charge in [0, 0.05) is 13.1 Å². The number of hydrogen-bond donors (Lipinski definition) is 1. The average molecular weight is 362 g/mol. The fourth-order valence-electron chi connectivity index (χ4n) is 2.72. The molecule has 2 aromatic rings. The summed E-state index contributed by atoms with van der Waals surface area (Å²) in [5.41, 5.74) is 2.63. The molecule has 0 unspecified atom stereocenters. The number of ether oxygens (including phenoxy) is 1. The number of nitrogens with zero attached hydrogens (tertiary/aromatic N) is 1.